The van der Waals surface area contributed by atoms with Gasteiger partial charge < -0.3 is 14.4 Å². The highest BCUT2D eigenvalue weighted by molar-refractivity contribution is 7.07. The van der Waals surface area contributed by atoms with Crippen LogP contribution < -0.4 is 9.47 Å². The van der Waals surface area contributed by atoms with Crippen molar-refractivity contribution in [3.05, 3.63) is 52.2 Å². The fourth-order valence-electron chi connectivity index (χ4n) is 3.08. The van der Waals surface area contributed by atoms with E-state index in [9.17, 15) is 4.79 Å². The van der Waals surface area contributed by atoms with E-state index in [2.05, 4.69) is 21.7 Å². The van der Waals surface area contributed by atoms with Crippen molar-refractivity contribution in [2.24, 2.45) is 0 Å². The van der Waals surface area contributed by atoms with Gasteiger partial charge in [-0.25, -0.2) is 0 Å². The molecule has 0 bridgehead atoms. The van der Waals surface area contributed by atoms with Gasteiger partial charge in [0, 0.05) is 44.4 Å². The molecule has 26 heavy (non-hydrogen) atoms. The van der Waals surface area contributed by atoms with Gasteiger partial charge in [0.1, 0.15) is 0 Å². The number of piperazine rings is 1. The molecule has 1 aromatic heterocycles. The Morgan fingerprint density at radius 2 is 1.96 bits per heavy atom. The molecule has 5 nitrogen and oxygen atoms in total. The third kappa shape index (κ3) is 4.45. The van der Waals surface area contributed by atoms with Gasteiger partial charge in [0.15, 0.2) is 11.5 Å². The molecule has 1 saturated heterocycles. The summed E-state index contributed by atoms with van der Waals surface area (Å²) in [6, 6.07) is 7.79. The molecule has 0 unspecified atom stereocenters. The Hall–Kier alpha value is -2.31. The number of nitrogens with zero attached hydrogens (tertiary/aromatic N) is 2. The predicted octanol–water partition coefficient (Wildman–Crippen LogP) is 3.12. The van der Waals surface area contributed by atoms with Crippen molar-refractivity contribution in [1.82, 2.24) is 9.80 Å². The van der Waals surface area contributed by atoms with Crippen LogP contribution in [0.4, 0.5) is 0 Å². The van der Waals surface area contributed by atoms with Gasteiger partial charge in [-0.3, -0.25) is 9.69 Å². The number of amides is 1. The Bertz CT molecular complexity index is 750. The minimum Gasteiger partial charge on any atom is -0.493 e. The Morgan fingerprint density at radius 3 is 2.62 bits per heavy atom. The molecule has 0 aliphatic carbocycles. The molecule has 0 atom stereocenters. The van der Waals surface area contributed by atoms with Crippen molar-refractivity contribution in [2.75, 3.05) is 40.4 Å². The summed E-state index contributed by atoms with van der Waals surface area (Å²) in [5.74, 6) is 1.33. The fraction of sp³-hybridized carbons (Fsp3) is 0.350. The van der Waals surface area contributed by atoms with Gasteiger partial charge in [-0.05, 0) is 34.5 Å². The zero-order valence-corrected chi connectivity index (χ0v) is 16.0. The lowest BCUT2D eigenvalue weighted by Crippen LogP contribution is -2.47. The van der Waals surface area contributed by atoms with E-state index >= 15 is 0 Å². The first-order chi connectivity index (χ1) is 12.7. The summed E-state index contributed by atoms with van der Waals surface area (Å²) in [7, 11) is 3.20. The number of thiophene rings is 1. The van der Waals surface area contributed by atoms with Gasteiger partial charge in [0.25, 0.3) is 0 Å². The minimum atomic E-state index is 0.0325. The van der Waals surface area contributed by atoms with Gasteiger partial charge in [-0.15, -0.1) is 0 Å². The largest absolute Gasteiger partial charge is 0.493 e. The molecule has 1 aliphatic heterocycles. The minimum absolute atomic E-state index is 0.0325. The molecule has 0 spiro atoms. The van der Waals surface area contributed by atoms with Gasteiger partial charge in [0.05, 0.1) is 14.2 Å². The molecule has 0 saturated carbocycles. The summed E-state index contributed by atoms with van der Waals surface area (Å²) in [5.41, 5.74) is 2.18. The zero-order valence-electron chi connectivity index (χ0n) is 15.2. The molecule has 1 amide bonds. The Balaban J connectivity index is 1.57. The molecule has 3 rings (SSSR count). The Labute approximate surface area is 158 Å². The van der Waals surface area contributed by atoms with E-state index in [0.717, 1.165) is 38.3 Å². The van der Waals surface area contributed by atoms with E-state index < -0.39 is 0 Å². The molecule has 6 heteroatoms. The predicted molar refractivity (Wildman–Crippen MR) is 105 cm³/mol. The topological polar surface area (TPSA) is 42.0 Å². The van der Waals surface area contributed by atoms with Crippen molar-refractivity contribution in [1.29, 1.82) is 0 Å². The van der Waals surface area contributed by atoms with E-state index in [1.165, 1.54) is 5.56 Å². The SMILES string of the molecule is COc1cccc(/C=C/C(=O)N2CCN(Cc3ccsc3)CC2)c1OC. The number of hydrogen-bond donors (Lipinski definition) is 0. The highest BCUT2D eigenvalue weighted by Crippen LogP contribution is 2.31. The molecular formula is C20H24N2O3S. The monoisotopic (exact) mass is 372 g/mol. The van der Waals surface area contributed by atoms with Crippen LogP contribution in [0.15, 0.2) is 41.1 Å². The van der Waals surface area contributed by atoms with Crippen LogP contribution in [0.5, 0.6) is 11.5 Å². The van der Waals surface area contributed by atoms with Gasteiger partial charge in [-0.2, -0.15) is 11.3 Å². The van der Waals surface area contributed by atoms with Crippen LogP contribution in [0.1, 0.15) is 11.1 Å². The normalized spacial score (nSPS) is 15.4. The molecule has 1 aliphatic rings. The van der Waals surface area contributed by atoms with Crippen LogP contribution in [-0.4, -0.2) is 56.1 Å². The van der Waals surface area contributed by atoms with E-state index in [1.54, 1.807) is 37.7 Å². The van der Waals surface area contributed by atoms with Crippen molar-refractivity contribution in [3.8, 4) is 11.5 Å². The second-order valence-corrected chi connectivity index (χ2v) is 6.93. The van der Waals surface area contributed by atoms with Gasteiger partial charge in [0.2, 0.25) is 5.91 Å². The number of carbonyl (C=O) groups is 1. The number of benzene rings is 1. The highest BCUT2D eigenvalue weighted by atomic mass is 32.1. The maximum Gasteiger partial charge on any atom is 0.246 e. The molecule has 2 aromatic rings. The third-order valence-corrected chi connectivity index (χ3v) is 5.24. The molecule has 2 heterocycles. The highest BCUT2D eigenvalue weighted by Gasteiger charge is 2.19. The lowest BCUT2D eigenvalue weighted by atomic mass is 10.1. The van der Waals surface area contributed by atoms with Crippen LogP contribution in [0.2, 0.25) is 0 Å². The van der Waals surface area contributed by atoms with Crippen LogP contribution in [0.3, 0.4) is 0 Å². The van der Waals surface area contributed by atoms with Crippen LogP contribution >= 0.6 is 11.3 Å². The van der Waals surface area contributed by atoms with E-state index in [-0.39, 0.29) is 5.91 Å². The zero-order chi connectivity index (χ0) is 18.4. The smallest absolute Gasteiger partial charge is 0.246 e. The van der Waals surface area contributed by atoms with Crippen LogP contribution in [0, 0.1) is 0 Å². The summed E-state index contributed by atoms with van der Waals surface area (Å²) < 4.78 is 10.7. The third-order valence-electron chi connectivity index (χ3n) is 4.51. The van der Waals surface area contributed by atoms with Crippen LogP contribution in [0.25, 0.3) is 6.08 Å². The summed E-state index contributed by atoms with van der Waals surface area (Å²) in [6.07, 6.45) is 3.41. The van der Waals surface area contributed by atoms with Crippen LogP contribution in [-0.2, 0) is 11.3 Å². The molecular weight excluding hydrogens is 348 g/mol. The summed E-state index contributed by atoms with van der Waals surface area (Å²) in [4.78, 5) is 16.8. The summed E-state index contributed by atoms with van der Waals surface area (Å²) >= 11 is 1.72. The first-order valence-corrected chi connectivity index (χ1v) is 9.57. The van der Waals surface area contributed by atoms with E-state index in [1.807, 2.05) is 23.1 Å². The van der Waals surface area contributed by atoms with Gasteiger partial charge in [-0.1, -0.05) is 12.1 Å². The van der Waals surface area contributed by atoms with E-state index in [0.29, 0.717) is 11.5 Å². The molecule has 0 N–H and O–H groups in total. The van der Waals surface area contributed by atoms with Crippen molar-refractivity contribution >= 4 is 23.3 Å². The first-order valence-electron chi connectivity index (χ1n) is 8.62. The Morgan fingerprint density at radius 1 is 1.15 bits per heavy atom. The average Bonchev–Trinajstić information content (AvgIpc) is 3.19. The average molecular weight is 372 g/mol. The van der Waals surface area contributed by atoms with Gasteiger partial charge >= 0.3 is 0 Å². The number of carbonyl (C=O) groups excluding carboxylic acids is 1. The molecule has 1 aromatic carbocycles. The molecule has 138 valence electrons. The number of para-hydroxylation sites is 1. The first kappa shape index (κ1) is 18.5. The van der Waals surface area contributed by atoms with Crippen molar-refractivity contribution in [2.45, 2.75) is 6.54 Å². The number of rotatable bonds is 6. The lowest BCUT2D eigenvalue weighted by Gasteiger charge is -2.34. The summed E-state index contributed by atoms with van der Waals surface area (Å²) in [5, 5.41) is 4.29. The maximum atomic E-state index is 12.5. The molecule has 1 fully saturated rings. The number of methoxy groups -OCH3 is 2. The standard InChI is InChI=1S/C20H24N2O3S/c1-24-18-5-3-4-17(20(18)25-2)6-7-19(23)22-11-9-21(10-12-22)14-16-8-13-26-15-16/h3-8,13,15H,9-12,14H2,1-2H3/b7-6+. The number of ether oxygens (including phenoxy) is 2. The quantitative estimate of drug-likeness (QED) is 0.731. The van der Waals surface area contributed by atoms with Crippen molar-refractivity contribution in [3.63, 3.8) is 0 Å². The van der Waals surface area contributed by atoms with Crippen molar-refractivity contribution < 1.29 is 14.3 Å². The second-order valence-electron chi connectivity index (χ2n) is 6.15. The second kappa shape index (κ2) is 8.87. The number of hydrogen-bond acceptors (Lipinski definition) is 5. The Kier molecular flexibility index (Phi) is 6.30. The lowest BCUT2D eigenvalue weighted by molar-refractivity contribution is -0.127. The van der Waals surface area contributed by atoms with E-state index in [4.69, 9.17) is 9.47 Å². The molecule has 0 radical (unpaired) electrons. The summed E-state index contributed by atoms with van der Waals surface area (Å²) in [6.45, 7) is 4.27. The fourth-order valence-corrected chi connectivity index (χ4v) is 3.74. The maximum absolute atomic E-state index is 12.5.